The first kappa shape index (κ1) is 9.55. The van der Waals surface area contributed by atoms with Crippen LogP contribution in [0.1, 0.15) is 28.7 Å². The number of nitrogens with two attached hydrogens (primary N) is 1. The van der Waals surface area contributed by atoms with E-state index in [1.807, 2.05) is 12.3 Å². The molecule has 2 aromatic rings. The van der Waals surface area contributed by atoms with E-state index in [1.165, 1.54) is 11.1 Å². The molecule has 1 aliphatic rings. The molecule has 2 N–H and O–H groups in total. The molecular formula is C14H14N2. The zero-order chi connectivity index (χ0) is 11.0. The Kier molecular flexibility index (Phi) is 2.22. The maximum atomic E-state index is 6.28. The van der Waals surface area contributed by atoms with Crippen molar-refractivity contribution in [3.8, 4) is 0 Å². The van der Waals surface area contributed by atoms with Crippen molar-refractivity contribution >= 4 is 0 Å². The second kappa shape index (κ2) is 3.72. The van der Waals surface area contributed by atoms with Gasteiger partial charge in [-0.05, 0) is 29.2 Å². The van der Waals surface area contributed by atoms with Crippen LogP contribution in [0.25, 0.3) is 0 Å². The summed E-state index contributed by atoms with van der Waals surface area (Å²) in [5.74, 6) is 0.459. The maximum absolute atomic E-state index is 6.28. The predicted molar refractivity (Wildman–Crippen MR) is 64.1 cm³/mol. The van der Waals surface area contributed by atoms with Gasteiger partial charge in [0.2, 0.25) is 0 Å². The van der Waals surface area contributed by atoms with Gasteiger partial charge in [-0.3, -0.25) is 4.98 Å². The molecule has 0 fully saturated rings. The van der Waals surface area contributed by atoms with E-state index in [1.54, 1.807) is 6.20 Å². The van der Waals surface area contributed by atoms with E-state index >= 15 is 0 Å². The van der Waals surface area contributed by atoms with Crippen LogP contribution < -0.4 is 5.73 Å². The fraction of sp³-hybridized carbons (Fsp3) is 0.214. The SMILES string of the molecule is NC(c1cccnc1)C1Cc2ccccc21. The van der Waals surface area contributed by atoms with E-state index < -0.39 is 0 Å². The summed E-state index contributed by atoms with van der Waals surface area (Å²) in [6.45, 7) is 0. The smallest absolute Gasteiger partial charge is 0.0383 e. The van der Waals surface area contributed by atoms with Gasteiger partial charge in [0.25, 0.3) is 0 Å². The summed E-state index contributed by atoms with van der Waals surface area (Å²) in [5.41, 5.74) is 10.2. The second-order valence-electron chi connectivity index (χ2n) is 4.32. The van der Waals surface area contributed by atoms with Crippen LogP contribution >= 0.6 is 0 Å². The Bertz CT molecular complexity index is 493. The molecule has 0 amide bonds. The molecule has 2 atom stereocenters. The number of benzene rings is 1. The number of hydrogen-bond donors (Lipinski definition) is 1. The van der Waals surface area contributed by atoms with E-state index in [-0.39, 0.29) is 6.04 Å². The number of nitrogens with zero attached hydrogens (tertiary/aromatic N) is 1. The highest BCUT2D eigenvalue weighted by atomic mass is 14.7. The van der Waals surface area contributed by atoms with E-state index in [0.29, 0.717) is 5.92 Å². The summed E-state index contributed by atoms with van der Waals surface area (Å²) in [7, 11) is 0. The summed E-state index contributed by atoms with van der Waals surface area (Å²) in [4.78, 5) is 4.12. The highest BCUT2D eigenvalue weighted by molar-refractivity contribution is 5.42. The molecule has 0 spiro atoms. The average Bonchev–Trinajstić information content (AvgIpc) is 2.32. The van der Waals surface area contributed by atoms with Crippen LogP contribution in [0, 0.1) is 0 Å². The largest absolute Gasteiger partial charge is 0.323 e. The van der Waals surface area contributed by atoms with Crippen molar-refractivity contribution in [2.75, 3.05) is 0 Å². The lowest BCUT2D eigenvalue weighted by molar-refractivity contribution is 0.499. The number of hydrogen-bond acceptors (Lipinski definition) is 2. The van der Waals surface area contributed by atoms with Crippen LogP contribution in [0.5, 0.6) is 0 Å². The Hall–Kier alpha value is -1.67. The van der Waals surface area contributed by atoms with Crippen LogP contribution in [0.4, 0.5) is 0 Å². The van der Waals surface area contributed by atoms with E-state index in [4.69, 9.17) is 5.73 Å². The van der Waals surface area contributed by atoms with Crippen molar-refractivity contribution in [3.05, 3.63) is 65.5 Å². The van der Waals surface area contributed by atoms with Crippen LogP contribution in [0.3, 0.4) is 0 Å². The number of pyridine rings is 1. The van der Waals surface area contributed by atoms with Crippen LogP contribution in [-0.4, -0.2) is 4.98 Å². The van der Waals surface area contributed by atoms with Crippen molar-refractivity contribution < 1.29 is 0 Å². The third-order valence-corrected chi connectivity index (χ3v) is 3.40. The van der Waals surface area contributed by atoms with Gasteiger partial charge in [-0.1, -0.05) is 30.3 Å². The third-order valence-electron chi connectivity index (χ3n) is 3.40. The van der Waals surface area contributed by atoms with Gasteiger partial charge in [0.1, 0.15) is 0 Å². The van der Waals surface area contributed by atoms with Crippen LogP contribution in [0.2, 0.25) is 0 Å². The summed E-state index contributed by atoms with van der Waals surface area (Å²) >= 11 is 0. The lowest BCUT2D eigenvalue weighted by atomic mass is 9.72. The Balaban J connectivity index is 1.87. The van der Waals surface area contributed by atoms with Crippen molar-refractivity contribution in [3.63, 3.8) is 0 Å². The first-order valence-electron chi connectivity index (χ1n) is 5.59. The minimum atomic E-state index is 0.0728. The molecule has 1 heterocycles. The van der Waals surface area contributed by atoms with Crippen molar-refractivity contribution in [2.45, 2.75) is 18.4 Å². The first-order chi connectivity index (χ1) is 7.86. The zero-order valence-corrected chi connectivity index (χ0v) is 9.01. The molecule has 0 saturated carbocycles. The Morgan fingerprint density at radius 3 is 2.81 bits per heavy atom. The van der Waals surface area contributed by atoms with Gasteiger partial charge in [-0.15, -0.1) is 0 Å². The summed E-state index contributed by atoms with van der Waals surface area (Å²) < 4.78 is 0. The normalized spacial score (nSPS) is 19.7. The Labute approximate surface area is 95.1 Å². The van der Waals surface area contributed by atoms with Gasteiger partial charge in [-0.2, -0.15) is 0 Å². The molecular weight excluding hydrogens is 196 g/mol. The molecule has 16 heavy (non-hydrogen) atoms. The fourth-order valence-electron chi connectivity index (χ4n) is 2.42. The minimum absolute atomic E-state index is 0.0728. The Morgan fingerprint density at radius 2 is 2.06 bits per heavy atom. The average molecular weight is 210 g/mol. The van der Waals surface area contributed by atoms with Gasteiger partial charge >= 0.3 is 0 Å². The van der Waals surface area contributed by atoms with Gasteiger partial charge in [0.05, 0.1) is 0 Å². The molecule has 0 saturated heterocycles. The molecule has 0 radical (unpaired) electrons. The van der Waals surface area contributed by atoms with Crippen molar-refractivity contribution in [1.82, 2.24) is 4.98 Å². The number of fused-ring (bicyclic) bond motifs is 1. The molecule has 1 aromatic heterocycles. The van der Waals surface area contributed by atoms with Crippen molar-refractivity contribution in [2.24, 2.45) is 5.73 Å². The monoisotopic (exact) mass is 210 g/mol. The topological polar surface area (TPSA) is 38.9 Å². The van der Waals surface area contributed by atoms with E-state index in [9.17, 15) is 0 Å². The second-order valence-corrected chi connectivity index (χ2v) is 4.32. The summed E-state index contributed by atoms with van der Waals surface area (Å²) in [6, 6.07) is 12.6. The highest BCUT2D eigenvalue weighted by Crippen LogP contribution is 2.41. The first-order valence-corrected chi connectivity index (χ1v) is 5.59. The van der Waals surface area contributed by atoms with Crippen molar-refractivity contribution in [1.29, 1.82) is 0 Å². The molecule has 0 aliphatic heterocycles. The van der Waals surface area contributed by atoms with Gasteiger partial charge in [0.15, 0.2) is 0 Å². The lowest BCUT2D eigenvalue weighted by Crippen LogP contribution is -2.28. The zero-order valence-electron chi connectivity index (χ0n) is 9.01. The fourth-order valence-corrected chi connectivity index (χ4v) is 2.42. The number of rotatable bonds is 2. The molecule has 2 nitrogen and oxygen atoms in total. The van der Waals surface area contributed by atoms with E-state index in [2.05, 4.69) is 35.3 Å². The van der Waals surface area contributed by atoms with Crippen LogP contribution in [0.15, 0.2) is 48.8 Å². The molecule has 0 bridgehead atoms. The predicted octanol–water partition coefficient (Wildman–Crippen LogP) is 2.42. The number of aromatic nitrogens is 1. The highest BCUT2D eigenvalue weighted by Gasteiger charge is 2.31. The summed E-state index contributed by atoms with van der Waals surface area (Å²) in [6.07, 6.45) is 4.74. The van der Waals surface area contributed by atoms with E-state index in [0.717, 1.165) is 12.0 Å². The molecule has 80 valence electrons. The minimum Gasteiger partial charge on any atom is -0.323 e. The quantitative estimate of drug-likeness (QED) is 0.826. The molecule has 2 heteroatoms. The standard InChI is InChI=1S/C14H14N2/c15-14(11-5-3-7-16-9-11)13-8-10-4-1-2-6-12(10)13/h1-7,9,13-14H,8,15H2. The maximum Gasteiger partial charge on any atom is 0.0383 e. The van der Waals surface area contributed by atoms with Gasteiger partial charge in [-0.25, -0.2) is 0 Å². The molecule has 1 aromatic carbocycles. The lowest BCUT2D eigenvalue weighted by Gasteiger charge is -2.34. The van der Waals surface area contributed by atoms with Gasteiger partial charge < -0.3 is 5.73 Å². The third kappa shape index (κ3) is 1.42. The molecule has 1 aliphatic carbocycles. The summed E-state index contributed by atoms with van der Waals surface area (Å²) in [5, 5.41) is 0. The Morgan fingerprint density at radius 1 is 1.19 bits per heavy atom. The van der Waals surface area contributed by atoms with Crippen LogP contribution in [-0.2, 0) is 6.42 Å². The van der Waals surface area contributed by atoms with Gasteiger partial charge in [0, 0.05) is 24.4 Å². The molecule has 3 rings (SSSR count). The molecule has 2 unspecified atom stereocenters.